The minimum Gasteiger partial charge on any atom is -0.352 e. The minimum atomic E-state index is -0.166. The smallest absolute Gasteiger partial charge is 0.253 e. The highest BCUT2D eigenvalue weighted by Crippen LogP contribution is 2.18. The van der Waals surface area contributed by atoms with Gasteiger partial charge < -0.3 is 10.6 Å². The molecule has 0 saturated heterocycles. The summed E-state index contributed by atoms with van der Waals surface area (Å²) in [6, 6.07) is 14.6. The molecule has 0 radical (unpaired) electrons. The van der Waals surface area contributed by atoms with Crippen molar-refractivity contribution in [1.82, 2.24) is 5.32 Å². The number of carbonyl (C=O) groups is 2. The SMILES string of the molecule is CCCCNC(=O)c1ccccc1NC(=O)CSCc1cccc(Cl)c1. The van der Waals surface area contributed by atoms with Gasteiger partial charge in [0.25, 0.3) is 5.91 Å². The third-order valence-corrected chi connectivity index (χ3v) is 4.89. The van der Waals surface area contributed by atoms with Crippen molar-refractivity contribution < 1.29 is 9.59 Å². The summed E-state index contributed by atoms with van der Waals surface area (Å²) >= 11 is 7.46. The molecule has 0 aromatic heterocycles. The molecule has 0 bridgehead atoms. The van der Waals surface area contributed by atoms with Gasteiger partial charge in [0.15, 0.2) is 0 Å². The van der Waals surface area contributed by atoms with Crippen molar-refractivity contribution in [3.05, 3.63) is 64.7 Å². The number of unbranched alkanes of at least 4 members (excludes halogenated alkanes) is 1. The third-order valence-electron chi connectivity index (χ3n) is 3.65. The molecule has 0 heterocycles. The summed E-state index contributed by atoms with van der Waals surface area (Å²) in [4.78, 5) is 24.5. The number of hydrogen-bond donors (Lipinski definition) is 2. The maximum atomic E-state index is 12.3. The second kappa shape index (κ2) is 10.9. The van der Waals surface area contributed by atoms with Crippen LogP contribution in [0, 0.1) is 0 Å². The Morgan fingerprint density at radius 1 is 1.12 bits per heavy atom. The van der Waals surface area contributed by atoms with Crippen LogP contribution in [0.3, 0.4) is 0 Å². The summed E-state index contributed by atoms with van der Waals surface area (Å²) in [6.45, 7) is 2.70. The molecule has 4 nitrogen and oxygen atoms in total. The molecule has 2 aromatic carbocycles. The molecule has 0 fully saturated rings. The van der Waals surface area contributed by atoms with Gasteiger partial charge in [-0.05, 0) is 36.2 Å². The molecule has 0 aliphatic rings. The van der Waals surface area contributed by atoms with Gasteiger partial charge in [0, 0.05) is 17.3 Å². The fourth-order valence-electron chi connectivity index (χ4n) is 2.34. The zero-order chi connectivity index (χ0) is 18.8. The third kappa shape index (κ3) is 6.73. The molecule has 0 aliphatic heterocycles. The fraction of sp³-hybridized carbons (Fsp3) is 0.300. The highest BCUT2D eigenvalue weighted by Gasteiger charge is 2.12. The van der Waals surface area contributed by atoms with Crippen molar-refractivity contribution >= 4 is 40.9 Å². The van der Waals surface area contributed by atoms with Crippen LogP contribution < -0.4 is 10.6 Å². The largest absolute Gasteiger partial charge is 0.352 e. The summed E-state index contributed by atoms with van der Waals surface area (Å²) < 4.78 is 0. The highest BCUT2D eigenvalue weighted by molar-refractivity contribution is 7.99. The first kappa shape index (κ1) is 20.3. The van der Waals surface area contributed by atoms with Crippen molar-refractivity contribution in [2.45, 2.75) is 25.5 Å². The molecule has 0 spiro atoms. The van der Waals surface area contributed by atoms with Gasteiger partial charge in [0.1, 0.15) is 0 Å². The lowest BCUT2D eigenvalue weighted by atomic mass is 10.1. The van der Waals surface area contributed by atoms with E-state index in [1.807, 2.05) is 24.3 Å². The Kier molecular flexibility index (Phi) is 8.51. The number of nitrogens with one attached hydrogen (secondary N) is 2. The van der Waals surface area contributed by atoms with Crippen molar-refractivity contribution in [3.63, 3.8) is 0 Å². The number of anilines is 1. The lowest BCUT2D eigenvalue weighted by Crippen LogP contribution is -2.26. The van der Waals surface area contributed by atoms with Crippen LogP contribution >= 0.6 is 23.4 Å². The molecule has 0 aliphatic carbocycles. The van der Waals surface area contributed by atoms with E-state index in [1.54, 1.807) is 24.3 Å². The zero-order valence-corrected chi connectivity index (χ0v) is 16.3. The van der Waals surface area contributed by atoms with Gasteiger partial charge in [-0.2, -0.15) is 0 Å². The Bertz CT molecular complexity index is 752. The summed E-state index contributed by atoms with van der Waals surface area (Å²) in [5.74, 6) is 0.706. The Morgan fingerprint density at radius 3 is 2.69 bits per heavy atom. The molecular formula is C20H23ClN2O2S. The first-order valence-corrected chi connectivity index (χ1v) is 10.1. The van der Waals surface area contributed by atoms with Crippen LogP contribution in [0.25, 0.3) is 0 Å². The first-order chi connectivity index (χ1) is 12.6. The van der Waals surface area contributed by atoms with Crippen LogP contribution in [-0.2, 0) is 10.5 Å². The van der Waals surface area contributed by atoms with Crippen molar-refractivity contribution in [2.24, 2.45) is 0 Å². The number of hydrogen-bond acceptors (Lipinski definition) is 3. The van der Waals surface area contributed by atoms with Gasteiger partial charge >= 0.3 is 0 Å². The number of thioether (sulfide) groups is 1. The Morgan fingerprint density at radius 2 is 1.92 bits per heavy atom. The van der Waals surface area contributed by atoms with E-state index in [0.717, 1.165) is 18.4 Å². The zero-order valence-electron chi connectivity index (χ0n) is 14.8. The van der Waals surface area contributed by atoms with Crippen molar-refractivity contribution in [2.75, 3.05) is 17.6 Å². The second-order valence-electron chi connectivity index (χ2n) is 5.83. The Hall–Kier alpha value is -1.98. The van der Waals surface area contributed by atoms with E-state index in [0.29, 0.717) is 34.3 Å². The van der Waals surface area contributed by atoms with E-state index in [1.165, 1.54) is 11.8 Å². The van der Waals surface area contributed by atoms with Crippen LogP contribution in [0.5, 0.6) is 0 Å². The number of benzene rings is 2. The molecule has 6 heteroatoms. The summed E-state index contributed by atoms with van der Waals surface area (Å²) in [5.41, 5.74) is 2.10. The van der Waals surface area contributed by atoms with Crippen molar-refractivity contribution in [3.8, 4) is 0 Å². The predicted octanol–water partition coefficient (Wildman–Crippen LogP) is 4.74. The first-order valence-electron chi connectivity index (χ1n) is 8.59. The lowest BCUT2D eigenvalue weighted by molar-refractivity contribution is -0.113. The predicted molar refractivity (Wildman–Crippen MR) is 110 cm³/mol. The van der Waals surface area contributed by atoms with Crippen molar-refractivity contribution in [1.29, 1.82) is 0 Å². The minimum absolute atomic E-state index is 0.133. The van der Waals surface area contributed by atoms with E-state index < -0.39 is 0 Å². The molecule has 0 saturated carbocycles. The summed E-state index contributed by atoms with van der Waals surface area (Å²) in [7, 11) is 0. The van der Waals surface area contributed by atoms with E-state index in [4.69, 9.17) is 11.6 Å². The highest BCUT2D eigenvalue weighted by atomic mass is 35.5. The standard InChI is InChI=1S/C20H23ClN2O2S/c1-2-3-11-22-20(25)17-9-4-5-10-18(17)23-19(24)14-26-13-15-7-6-8-16(21)12-15/h4-10,12H,2-3,11,13-14H2,1H3,(H,22,25)(H,23,24). The molecule has 138 valence electrons. The van der Waals surface area contributed by atoms with Gasteiger partial charge in [0.2, 0.25) is 5.91 Å². The summed E-state index contributed by atoms with van der Waals surface area (Å²) in [6.07, 6.45) is 1.95. The normalized spacial score (nSPS) is 10.4. The molecular weight excluding hydrogens is 368 g/mol. The molecule has 0 atom stereocenters. The van der Waals surface area contributed by atoms with E-state index in [2.05, 4.69) is 17.6 Å². The molecule has 2 N–H and O–H groups in total. The average molecular weight is 391 g/mol. The van der Waals surface area contributed by atoms with Gasteiger partial charge in [-0.15, -0.1) is 11.8 Å². The number of amides is 2. The molecule has 2 rings (SSSR count). The quantitative estimate of drug-likeness (QED) is 0.608. The molecule has 0 unspecified atom stereocenters. The van der Waals surface area contributed by atoms with Crippen LogP contribution in [0.2, 0.25) is 5.02 Å². The molecule has 26 heavy (non-hydrogen) atoms. The Labute approximate surface area is 163 Å². The average Bonchev–Trinajstić information content (AvgIpc) is 2.62. The maximum absolute atomic E-state index is 12.3. The van der Waals surface area contributed by atoms with E-state index in [9.17, 15) is 9.59 Å². The van der Waals surface area contributed by atoms with Gasteiger partial charge in [-0.3, -0.25) is 9.59 Å². The maximum Gasteiger partial charge on any atom is 0.253 e. The second-order valence-corrected chi connectivity index (χ2v) is 7.25. The molecule has 2 amide bonds. The van der Waals surface area contributed by atoms with Gasteiger partial charge in [-0.25, -0.2) is 0 Å². The Balaban J connectivity index is 1.87. The monoisotopic (exact) mass is 390 g/mol. The van der Waals surface area contributed by atoms with E-state index in [-0.39, 0.29) is 11.8 Å². The van der Waals surface area contributed by atoms with Crippen LogP contribution in [0.15, 0.2) is 48.5 Å². The molecule has 2 aromatic rings. The number of halogens is 1. The number of carbonyl (C=O) groups excluding carboxylic acids is 2. The van der Waals surface area contributed by atoms with Crippen LogP contribution in [-0.4, -0.2) is 24.1 Å². The summed E-state index contributed by atoms with van der Waals surface area (Å²) in [5, 5.41) is 6.40. The van der Waals surface area contributed by atoms with Crippen LogP contribution in [0.4, 0.5) is 5.69 Å². The number of para-hydroxylation sites is 1. The van der Waals surface area contributed by atoms with Crippen LogP contribution in [0.1, 0.15) is 35.7 Å². The lowest BCUT2D eigenvalue weighted by Gasteiger charge is -2.11. The topological polar surface area (TPSA) is 58.2 Å². The number of rotatable bonds is 9. The van der Waals surface area contributed by atoms with Gasteiger partial charge in [0.05, 0.1) is 17.0 Å². The van der Waals surface area contributed by atoms with Gasteiger partial charge in [-0.1, -0.05) is 49.2 Å². The van der Waals surface area contributed by atoms with E-state index >= 15 is 0 Å². The fourth-order valence-corrected chi connectivity index (χ4v) is 3.33.